The van der Waals surface area contributed by atoms with E-state index < -0.39 is 0 Å². The summed E-state index contributed by atoms with van der Waals surface area (Å²) >= 11 is 0. The summed E-state index contributed by atoms with van der Waals surface area (Å²) in [6.45, 7) is 4.26. The van der Waals surface area contributed by atoms with E-state index in [0.29, 0.717) is 18.2 Å². The lowest BCUT2D eigenvalue weighted by Crippen LogP contribution is -2.29. The van der Waals surface area contributed by atoms with Crippen LogP contribution in [0.3, 0.4) is 0 Å². The van der Waals surface area contributed by atoms with E-state index in [4.69, 9.17) is 0 Å². The standard InChI is InChI=1S/C16H28N4O/c1-2-3-4-5-6-7-8-16(21)15-13-20(19-18-15)14-9-11-17-12-10-14/h13-14,17H,2-12H2,1H3. The number of unbranched alkanes of at least 4 members (excludes halogenated alkanes) is 5. The van der Waals surface area contributed by atoms with E-state index in [9.17, 15) is 4.79 Å². The molecule has 0 aliphatic carbocycles. The van der Waals surface area contributed by atoms with Crippen molar-refractivity contribution in [3.05, 3.63) is 11.9 Å². The van der Waals surface area contributed by atoms with Crippen LogP contribution in [0, 0.1) is 0 Å². The molecule has 1 aromatic heterocycles. The van der Waals surface area contributed by atoms with Crippen LogP contribution >= 0.6 is 0 Å². The van der Waals surface area contributed by atoms with Gasteiger partial charge in [-0.25, -0.2) is 4.68 Å². The summed E-state index contributed by atoms with van der Waals surface area (Å²) in [5, 5.41) is 11.5. The second kappa shape index (κ2) is 8.93. The van der Waals surface area contributed by atoms with E-state index in [0.717, 1.165) is 38.8 Å². The average molecular weight is 292 g/mol. The zero-order valence-corrected chi connectivity index (χ0v) is 13.2. The van der Waals surface area contributed by atoms with E-state index in [-0.39, 0.29) is 5.78 Å². The molecule has 0 atom stereocenters. The summed E-state index contributed by atoms with van der Waals surface area (Å²) < 4.78 is 1.88. The topological polar surface area (TPSA) is 59.8 Å². The van der Waals surface area contributed by atoms with Gasteiger partial charge in [0.25, 0.3) is 0 Å². The molecule has 118 valence electrons. The van der Waals surface area contributed by atoms with Gasteiger partial charge in [0, 0.05) is 6.42 Å². The van der Waals surface area contributed by atoms with Crippen molar-refractivity contribution in [3.8, 4) is 0 Å². The number of carbonyl (C=O) groups excluding carboxylic acids is 1. The number of piperidine rings is 1. The monoisotopic (exact) mass is 292 g/mol. The molecule has 0 spiro atoms. The quantitative estimate of drug-likeness (QED) is 0.561. The van der Waals surface area contributed by atoms with Crippen LogP contribution in [0.4, 0.5) is 0 Å². The van der Waals surface area contributed by atoms with E-state index in [1.165, 1.54) is 25.7 Å². The molecule has 1 saturated heterocycles. The number of hydrogen-bond donors (Lipinski definition) is 1. The SMILES string of the molecule is CCCCCCCCC(=O)c1cn(C2CCNCC2)nn1. The molecule has 1 aliphatic rings. The predicted octanol–water partition coefficient (Wildman–Crippen LogP) is 3.14. The molecule has 0 saturated carbocycles. The molecule has 1 aromatic rings. The Morgan fingerprint density at radius 3 is 2.71 bits per heavy atom. The highest BCUT2D eigenvalue weighted by atomic mass is 16.1. The van der Waals surface area contributed by atoms with Gasteiger partial charge in [-0.1, -0.05) is 44.2 Å². The van der Waals surface area contributed by atoms with Crippen molar-refractivity contribution >= 4 is 5.78 Å². The molecule has 0 unspecified atom stereocenters. The third-order valence-corrected chi connectivity index (χ3v) is 4.24. The molecule has 5 heteroatoms. The highest BCUT2D eigenvalue weighted by molar-refractivity contribution is 5.93. The summed E-state index contributed by atoms with van der Waals surface area (Å²) in [6, 6.07) is 0.398. The summed E-state index contributed by atoms with van der Waals surface area (Å²) in [4.78, 5) is 12.1. The first-order valence-corrected chi connectivity index (χ1v) is 8.47. The predicted molar refractivity (Wildman–Crippen MR) is 83.5 cm³/mol. The lowest BCUT2D eigenvalue weighted by atomic mass is 10.1. The van der Waals surface area contributed by atoms with Crippen molar-refractivity contribution in [3.63, 3.8) is 0 Å². The molecule has 21 heavy (non-hydrogen) atoms. The molecule has 2 rings (SSSR count). The fourth-order valence-electron chi connectivity index (χ4n) is 2.85. The van der Waals surface area contributed by atoms with Crippen LogP contribution in [-0.2, 0) is 0 Å². The van der Waals surface area contributed by atoms with Crippen molar-refractivity contribution in [2.75, 3.05) is 13.1 Å². The normalized spacial score (nSPS) is 16.2. The van der Waals surface area contributed by atoms with Crippen LogP contribution in [0.15, 0.2) is 6.20 Å². The van der Waals surface area contributed by atoms with Crippen LogP contribution in [0.25, 0.3) is 0 Å². The Balaban J connectivity index is 1.71. The van der Waals surface area contributed by atoms with Crippen LogP contribution in [-0.4, -0.2) is 33.9 Å². The van der Waals surface area contributed by atoms with E-state index >= 15 is 0 Å². The fourth-order valence-corrected chi connectivity index (χ4v) is 2.85. The Morgan fingerprint density at radius 1 is 1.24 bits per heavy atom. The van der Waals surface area contributed by atoms with Crippen LogP contribution < -0.4 is 5.32 Å². The lowest BCUT2D eigenvalue weighted by Gasteiger charge is -2.22. The Bertz CT molecular complexity index is 424. The van der Waals surface area contributed by atoms with Gasteiger partial charge in [0.2, 0.25) is 0 Å². The molecule has 1 aliphatic heterocycles. The first kappa shape index (κ1) is 16.1. The van der Waals surface area contributed by atoms with Crippen molar-refractivity contribution in [2.24, 2.45) is 0 Å². The summed E-state index contributed by atoms with van der Waals surface area (Å²) in [7, 11) is 0. The van der Waals surface area contributed by atoms with Crippen LogP contribution in [0.1, 0.15) is 81.2 Å². The minimum atomic E-state index is 0.144. The molecule has 2 heterocycles. The van der Waals surface area contributed by atoms with Gasteiger partial charge in [-0.3, -0.25) is 4.79 Å². The van der Waals surface area contributed by atoms with Crippen molar-refractivity contribution in [1.82, 2.24) is 20.3 Å². The highest BCUT2D eigenvalue weighted by Crippen LogP contribution is 2.17. The average Bonchev–Trinajstić information content (AvgIpc) is 3.01. The van der Waals surface area contributed by atoms with E-state index in [1.807, 2.05) is 10.9 Å². The number of aromatic nitrogens is 3. The number of ketones is 1. The maximum atomic E-state index is 12.1. The number of carbonyl (C=O) groups is 1. The molecular formula is C16H28N4O. The summed E-state index contributed by atoms with van der Waals surface area (Å²) in [5.41, 5.74) is 0.544. The summed E-state index contributed by atoms with van der Waals surface area (Å²) in [5.74, 6) is 0.144. The molecule has 1 fully saturated rings. The Kier molecular flexibility index (Phi) is 6.86. The zero-order chi connectivity index (χ0) is 14.9. The van der Waals surface area contributed by atoms with Gasteiger partial charge in [-0.05, 0) is 32.4 Å². The minimum absolute atomic E-state index is 0.144. The Morgan fingerprint density at radius 2 is 1.95 bits per heavy atom. The number of nitrogens with zero attached hydrogens (tertiary/aromatic N) is 3. The number of Topliss-reactive ketones (excluding diaryl/α,β-unsaturated/α-hetero) is 1. The minimum Gasteiger partial charge on any atom is -0.317 e. The molecule has 0 radical (unpaired) electrons. The third-order valence-electron chi connectivity index (χ3n) is 4.24. The second-order valence-electron chi connectivity index (χ2n) is 6.01. The van der Waals surface area contributed by atoms with Gasteiger partial charge in [-0.2, -0.15) is 0 Å². The lowest BCUT2D eigenvalue weighted by molar-refractivity contribution is 0.0974. The number of rotatable bonds is 9. The number of hydrogen-bond acceptors (Lipinski definition) is 4. The fraction of sp³-hybridized carbons (Fsp3) is 0.812. The van der Waals surface area contributed by atoms with Crippen LogP contribution in [0.2, 0.25) is 0 Å². The third kappa shape index (κ3) is 5.23. The van der Waals surface area contributed by atoms with Crippen molar-refractivity contribution in [1.29, 1.82) is 0 Å². The molecule has 1 N–H and O–H groups in total. The molecule has 0 aromatic carbocycles. The molecule has 5 nitrogen and oxygen atoms in total. The van der Waals surface area contributed by atoms with E-state index in [1.54, 1.807) is 0 Å². The molecule has 0 bridgehead atoms. The van der Waals surface area contributed by atoms with Gasteiger partial charge in [-0.15, -0.1) is 5.10 Å². The summed E-state index contributed by atoms with van der Waals surface area (Å²) in [6.07, 6.45) is 11.8. The molecule has 0 amide bonds. The Hall–Kier alpha value is -1.23. The highest BCUT2D eigenvalue weighted by Gasteiger charge is 2.18. The van der Waals surface area contributed by atoms with Gasteiger partial charge in [0.1, 0.15) is 5.69 Å². The van der Waals surface area contributed by atoms with Crippen molar-refractivity contribution in [2.45, 2.75) is 70.8 Å². The first-order chi connectivity index (χ1) is 10.3. The number of nitrogens with one attached hydrogen (secondary N) is 1. The van der Waals surface area contributed by atoms with E-state index in [2.05, 4.69) is 22.6 Å². The zero-order valence-electron chi connectivity index (χ0n) is 13.2. The first-order valence-electron chi connectivity index (χ1n) is 8.47. The smallest absolute Gasteiger partial charge is 0.184 e. The van der Waals surface area contributed by atoms with Gasteiger partial charge < -0.3 is 5.32 Å². The Labute approximate surface area is 127 Å². The maximum Gasteiger partial charge on any atom is 0.184 e. The largest absolute Gasteiger partial charge is 0.317 e. The van der Waals surface area contributed by atoms with Gasteiger partial charge in [0.15, 0.2) is 5.78 Å². The van der Waals surface area contributed by atoms with Crippen LogP contribution in [0.5, 0.6) is 0 Å². The van der Waals surface area contributed by atoms with Gasteiger partial charge >= 0.3 is 0 Å². The maximum absolute atomic E-state index is 12.1. The second-order valence-corrected chi connectivity index (χ2v) is 6.01. The molecular weight excluding hydrogens is 264 g/mol. The van der Waals surface area contributed by atoms with Crippen molar-refractivity contribution < 1.29 is 4.79 Å². The van der Waals surface area contributed by atoms with Gasteiger partial charge in [0.05, 0.1) is 12.2 Å².